The molecule has 0 unspecified atom stereocenters. The minimum Gasteiger partial charge on any atom is -0.360 e. The first-order chi connectivity index (χ1) is 10.2. The molecule has 0 saturated heterocycles. The number of hydrazone groups is 1. The molecule has 0 aliphatic heterocycles. The van der Waals surface area contributed by atoms with Crippen molar-refractivity contribution in [1.82, 2.24) is 10.4 Å². The molecule has 0 radical (unpaired) electrons. The fourth-order valence-electron chi connectivity index (χ4n) is 2.03. The van der Waals surface area contributed by atoms with Crippen molar-refractivity contribution >= 4 is 39.0 Å². The van der Waals surface area contributed by atoms with Crippen LogP contribution in [0.4, 0.5) is 0 Å². The zero-order valence-corrected chi connectivity index (χ0v) is 12.6. The number of benzene rings is 2. The number of halogens is 1. The first-order valence-corrected chi connectivity index (χ1v) is 7.18. The molecule has 5 heteroatoms. The Balaban J connectivity index is 1.73. The fraction of sp³-hybridized carbons (Fsp3) is 0. The second-order valence-corrected chi connectivity index (χ2v) is 5.41. The average molecular weight is 342 g/mol. The maximum atomic E-state index is 12.1. The molecular formula is C16H12BrN3O. The van der Waals surface area contributed by atoms with E-state index in [0.29, 0.717) is 5.56 Å². The van der Waals surface area contributed by atoms with Crippen LogP contribution in [0.5, 0.6) is 0 Å². The summed E-state index contributed by atoms with van der Waals surface area (Å²) in [6.45, 7) is 0. The molecule has 104 valence electrons. The molecule has 4 nitrogen and oxygen atoms in total. The molecule has 1 heterocycles. The molecular weight excluding hydrogens is 330 g/mol. The summed E-state index contributed by atoms with van der Waals surface area (Å²) in [4.78, 5) is 15.2. The second kappa shape index (κ2) is 5.93. The van der Waals surface area contributed by atoms with Gasteiger partial charge in [-0.25, -0.2) is 5.43 Å². The number of amides is 1. The third-order valence-electron chi connectivity index (χ3n) is 3.08. The third kappa shape index (κ3) is 3.03. The van der Waals surface area contributed by atoms with Crippen LogP contribution >= 0.6 is 15.9 Å². The van der Waals surface area contributed by atoms with E-state index >= 15 is 0 Å². The summed E-state index contributed by atoms with van der Waals surface area (Å²) in [5.74, 6) is -0.235. The highest BCUT2D eigenvalue weighted by molar-refractivity contribution is 9.10. The van der Waals surface area contributed by atoms with Crippen LogP contribution < -0.4 is 5.43 Å². The van der Waals surface area contributed by atoms with Crippen molar-refractivity contribution in [2.75, 3.05) is 0 Å². The lowest BCUT2D eigenvalue weighted by Gasteiger charge is -1.98. The first-order valence-electron chi connectivity index (χ1n) is 6.39. The van der Waals surface area contributed by atoms with Gasteiger partial charge in [0.05, 0.1) is 11.8 Å². The van der Waals surface area contributed by atoms with Crippen molar-refractivity contribution in [2.24, 2.45) is 5.10 Å². The van der Waals surface area contributed by atoms with E-state index in [-0.39, 0.29) is 5.91 Å². The van der Waals surface area contributed by atoms with E-state index in [9.17, 15) is 4.79 Å². The van der Waals surface area contributed by atoms with E-state index in [1.165, 1.54) is 0 Å². The van der Waals surface area contributed by atoms with Crippen LogP contribution in [-0.4, -0.2) is 17.1 Å². The second-order valence-electron chi connectivity index (χ2n) is 4.50. The molecule has 0 aliphatic rings. The van der Waals surface area contributed by atoms with Crippen LogP contribution in [0.2, 0.25) is 0 Å². The summed E-state index contributed by atoms with van der Waals surface area (Å²) in [6.07, 6.45) is 3.30. The molecule has 0 aliphatic carbocycles. The van der Waals surface area contributed by atoms with Crippen LogP contribution in [0.3, 0.4) is 0 Å². The van der Waals surface area contributed by atoms with Gasteiger partial charge in [-0.05, 0) is 23.8 Å². The van der Waals surface area contributed by atoms with E-state index in [4.69, 9.17) is 0 Å². The topological polar surface area (TPSA) is 57.2 Å². The van der Waals surface area contributed by atoms with E-state index in [0.717, 1.165) is 20.9 Å². The van der Waals surface area contributed by atoms with E-state index in [1.807, 2.05) is 48.5 Å². The summed E-state index contributed by atoms with van der Waals surface area (Å²) >= 11 is 3.37. The van der Waals surface area contributed by atoms with Gasteiger partial charge in [0.1, 0.15) is 0 Å². The minimum absolute atomic E-state index is 0.235. The van der Waals surface area contributed by atoms with Crippen molar-refractivity contribution in [3.63, 3.8) is 0 Å². The summed E-state index contributed by atoms with van der Waals surface area (Å²) in [5.41, 5.74) is 4.97. The molecule has 0 spiro atoms. The molecule has 21 heavy (non-hydrogen) atoms. The molecule has 1 aromatic heterocycles. The Bertz CT molecular complexity index is 806. The Hall–Kier alpha value is -2.40. The Morgan fingerprint density at radius 3 is 2.71 bits per heavy atom. The van der Waals surface area contributed by atoms with Crippen LogP contribution in [0.25, 0.3) is 10.9 Å². The Labute approximate surface area is 130 Å². The van der Waals surface area contributed by atoms with E-state index in [2.05, 4.69) is 31.4 Å². The predicted molar refractivity (Wildman–Crippen MR) is 87.5 cm³/mol. The fourth-order valence-corrected chi connectivity index (χ4v) is 2.30. The number of carbonyl (C=O) groups is 1. The number of carbonyl (C=O) groups excluding carboxylic acids is 1. The number of hydrogen-bond donors (Lipinski definition) is 2. The lowest BCUT2D eigenvalue weighted by atomic mass is 10.2. The monoisotopic (exact) mass is 341 g/mol. The van der Waals surface area contributed by atoms with Crippen LogP contribution in [-0.2, 0) is 0 Å². The van der Waals surface area contributed by atoms with Crippen LogP contribution in [0, 0.1) is 0 Å². The molecule has 3 rings (SSSR count). The summed E-state index contributed by atoms with van der Waals surface area (Å²) in [6, 6.07) is 15.3. The van der Waals surface area contributed by atoms with Gasteiger partial charge in [0.25, 0.3) is 5.91 Å². The number of hydrogen-bond acceptors (Lipinski definition) is 2. The molecule has 0 atom stereocenters. The third-order valence-corrected chi connectivity index (χ3v) is 3.61. The molecule has 0 saturated carbocycles. The Kier molecular flexibility index (Phi) is 3.83. The van der Waals surface area contributed by atoms with E-state index in [1.54, 1.807) is 12.4 Å². The zero-order chi connectivity index (χ0) is 14.7. The number of rotatable bonds is 3. The van der Waals surface area contributed by atoms with Crippen molar-refractivity contribution in [2.45, 2.75) is 0 Å². The summed E-state index contributed by atoms with van der Waals surface area (Å²) < 4.78 is 1.00. The van der Waals surface area contributed by atoms with Crippen molar-refractivity contribution in [3.8, 4) is 0 Å². The van der Waals surface area contributed by atoms with Gasteiger partial charge in [-0.3, -0.25) is 4.79 Å². The maximum Gasteiger partial charge on any atom is 0.273 e. The zero-order valence-electron chi connectivity index (χ0n) is 11.0. The lowest BCUT2D eigenvalue weighted by molar-refractivity contribution is 0.0957. The van der Waals surface area contributed by atoms with Gasteiger partial charge < -0.3 is 4.98 Å². The summed E-state index contributed by atoms with van der Waals surface area (Å²) in [7, 11) is 0. The Morgan fingerprint density at radius 1 is 1.14 bits per heavy atom. The SMILES string of the molecule is O=C(N/N=C/c1ccc(Br)cc1)c1c[nH]c2ccccc12. The number of aromatic amines is 1. The summed E-state index contributed by atoms with van der Waals surface area (Å²) in [5, 5.41) is 4.86. The molecule has 0 bridgehead atoms. The average Bonchev–Trinajstić information content (AvgIpc) is 2.93. The van der Waals surface area contributed by atoms with Crippen molar-refractivity contribution < 1.29 is 4.79 Å². The number of H-pyrrole nitrogens is 1. The standard InChI is InChI=1S/C16H12BrN3O/c17-12-7-5-11(6-8-12)9-19-20-16(21)14-10-18-15-4-2-1-3-13(14)15/h1-10,18H,(H,20,21)/b19-9+. The van der Waals surface area contributed by atoms with Crippen LogP contribution in [0.15, 0.2) is 64.3 Å². The van der Waals surface area contributed by atoms with E-state index < -0.39 is 0 Å². The van der Waals surface area contributed by atoms with Crippen molar-refractivity contribution in [1.29, 1.82) is 0 Å². The van der Waals surface area contributed by atoms with Crippen LogP contribution in [0.1, 0.15) is 15.9 Å². The van der Waals surface area contributed by atoms with Gasteiger partial charge in [-0.15, -0.1) is 0 Å². The normalized spacial score (nSPS) is 11.1. The first kappa shape index (κ1) is 13.6. The van der Waals surface area contributed by atoms with Gasteiger partial charge >= 0.3 is 0 Å². The molecule has 2 aromatic carbocycles. The predicted octanol–water partition coefficient (Wildman–Crippen LogP) is 3.69. The number of aromatic nitrogens is 1. The lowest BCUT2D eigenvalue weighted by Crippen LogP contribution is -2.17. The number of fused-ring (bicyclic) bond motifs is 1. The highest BCUT2D eigenvalue weighted by Gasteiger charge is 2.10. The number of nitrogens with zero attached hydrogens (tertiary/aromatic N) is 1. The number of para-hydroxylation sites is 1. The molecule has 3 aromatic rings. The highest BCUT2D eigenvalue weighted by Crippen LogP contribution is 2.17. The van der Waals surface area contributed by atoms with Crippen molar-refractivity contribution in [3.05, 3.63) is 70.3 Å². The number of nitrogens with one attached hydrogen (secondary N) is 2. The smallest absolute Gasteiger partial charge is 0.273 e. The van der Waals surface area contributed by atoms with Gasteiger partial charge in [-0.1, -0.05) is 46.3 Å². The highest BCUT2D eigenvalue weighted by atomic mass is 79.9. The largest absolute Gasteiger partial charge is 0.360 e. The molecule has 0 fully saturated rings. The minimum atomic E-state index is -0.235. The maximum absolute atomic E-state index is 12.1. The Morgan fingerprint density at radius 2 is 1.90 bits per heavy atom. The molecule has 2 N–H and O–H groups in total. The van der Waals surface area contributed by atoms with Gasteiger partial charge in [0, 0.05) is 21.6 Å². The molecule has 1 amide bonds. The quantitative estimate of drug-likeness (QED) is 0.553. The van der Waals surface area contributed by atoms with Gasteiger partial charge in [0.15, 0.2) is 0 Å². The van der Waals surface area contributed by atoms with Gasteiger partial charge in [-0.2, -0.15) is 5.10 Å². The van der Waals surface area contributed by atoms with Gasteiger partial charge in [0.2, 0.25) is 0 Å².